The van der Waals surface area contributed by atoms with Gasteiger partial charge in [0.15, 0.2) is 25.0 Å². The molecule has 7 atom stereocenters. The van der Waals surface area contributed by atoms with Gasteiger partial charge in [-0.25, -0.2) is 0 Å². The Labute approximate surface area is 343 Å². The van der Waals surface area contributed by atoms with Crippen LogP contribution in [-0.2, 0) is 27.5 Å². The number of cyclic esters (lactones) is 1. The third kappa shape index (κ3) is 13.9. The molecular formula is C46H88O6Si3. The van der Waals surface area contributed by atoms with Gasteiger partial charge in [-0.2, -0.15) is 0 Å². The molecule has 0 N–H and O–H groups in total. The fourth-order valence-corrected chi connectivity index (χ4v) is 18.0. The summed E-state index contributed by atoms with van der Waals surface area (Å²) in [6.07, 6.45) is 17.7. The van der Waals surface area contributed by atoms with Crippen LogP contribution >= 0.6 is 0 Å². The van der Waals surface area contributed by atoms with Gasteiger partial charge >= 0.3 is 5.97 Å². The normalized spacial score (nSPS) is 25.5. The fraction of sp³-hybridized carbons (Fsp3) is 0.848. The molecule has 0 aliphatic carbocycles. The first kappa shape index (κ1) is 50.3. The maximum Gasteiger partial charge on any atom is 0.314 e. The second-order valence-corrected chi connectivity index (χ2v) is 32.0. The average molecular weight is 821 g/mol. The van der Waals surface area contributed by atoms with Crippen LogP contribution in [0.1, 0.15) is 149 Å². The lowest BCUT2D eigenvalue weighted by molar-refractivity contribution is -0.164. The van der Waals surface area contributed by atoms with Crippen molar-refractivity contribution in [3.05, 3.63) is 36.0 Å². The van der Waals surface area contributed by atoms with Gasteiger partial charge in [0.2, 0.25) is 0 Å². The molecule has 0 radical (unpaired) electrons. The predicted molar refractivity (Wildman–Crippen MR) is 242 cm³/mol. The van der Waals surface area contributed by atoms with Crippen molar-refractivity contribution in [2.24, 2.45) is 11.3 Å². The lowest BCUT2D eigenvalue weighted by atomic mass is 9.83. The van der Waals surface area contributed by atoms with E-state index in [2.05, 4.69) is 120 Å². The van der Waals surface area contributed by atoms with Crippen LogP contribution in [0.5, 0.6) is 0 Å². The average Bonchev–Trinajstić information content (AvgIpc) is 3.95. The van der Waals surface area contributed by atoms with E-state index in [9.17, 15) is 4.79 Å². The highest BCUT2D eigenvalue weighted by molar-refractivity contribution is 6.74. The largest absolute Gasteiger partial charge is 0.457 e. The number of carbonyl (C=O) groups is 1. The molecule has 320 valence electrons. The molecule has 2 aliphatic heterocycles. The van der Waals surface area contributed by atoms with Crippen molar-refractivity contribution >= 4 is 30.9 Å². The minimum absolute atomic E-state index is 0.136. The minimum atomic E-state index is -1.95. The number of esters is 1. The molecule has 2 aliphatic rings. The predicted octanol–water partition coefficient (Wildman–Crippen LogP) is 13.7. The molecule has 1 saturated heterocycles. The molecule has 0 saturated carbocycles. The Morgan fingerprint density at radius 1 is 0.873 bits per heavy atom. The quantitative estimate of drug-likeness (QED) is 0.0336. The third-order valence-corrected chi connectivity index (χ3v) is 28.4. The van der Waals surface area contributed by atoms with E-state index in [1.165, 1.54) is 18.1 Å². The summed E-state index contributed by atoms with van der Waals surface area (Å²) in [6.45, 7) is 33.7. The molecular weight excluding hydrogens is 733 g/mol. The highest BCUT2D eigenvalue weighted by Gasteiger charge is 2.51. The summed E-state index contributed by atoms with van der Waals surface area (Å²) >= 11 is 0. The number of allylic oxidation sites excluding steroid dienone is 3. The van der Waals surface area contributed by atoms with E-state index in [1.807, 2.05) is 13.8 Å². The second kappa shape index (κ2) is 23.1. The Bertz CT molecular complexity index is 1200. The van der Waals surface area contributed by atoms with Gasteiger partial charge in [-0.15, -0.1) is 0 Å². The van der Waals surface area contributed by atoms with Gasteiger partial charge in [-0.05, 0) is 113 Å². The smallest absolute Gasteiger partial charge is 0.314 e. The van der Waals surface area contributed by atoms with Crippen LogP contribution in [-0.4, -0.2) is 67.0 Å². The van der Waals surface area contributed by atoms with Crippen LogP contribution in [0.15, 0.2) is 36.0 Å². The van der Waals surface area contributed by atoms with Crippen LogP contribution in [0.2, 0.25) is 54.4 Å². The van der Waals surface area contributed by atoms with Crippen molar-refractivity contribution in [2.45, 2.75) is 239 Å². The fourth-order valence-electron chi connectivity index (χ4n) is 8.93. The molecule has 9 heteroatoms. The molecule has 0 bridgehead atoms. The lowest BCUT2D eigenvalue weighted by Gasteiger charge is -2.40. The number of epoxide rings is 1. The van der Waals surface area contributed by atoms with Crippen LogP contribution in [0.3, 0.4) is 0 Å². The molecule has 0 aromatic carbocycles. The molecule has 55 heavy (non-hydrogen) atoms. The summed E-state index contributed by atoms with van der Waals surface area (Å²) < 4.78 is 34.4. The monoisotopic (exact) mass is 821 g/mol. The summed E-state index contributed by atoms with van der Waals surface area (Å²) in [5, 5.41) is 0. The summed E-state index contributed by atoms with van der Waals surface area (Å²) in [4.78, 5) is 14.1. The zero-order chi connectivity index (χ0) is 41.5. The standard InChI is InChI=1S/C46H88O6Si3/c1-16-39(50-53(17-2,18-3)19-4)38(12)43-41(48-43)36-46(15,52-55(23-8,24-9)25-10)35-31-32-37(11)40-33-29-27-26-28-30-34-42(45(13,14)44(47)49-40)51-54(20-5,21-6)22-7/h27,29,31-32,35,38-43H,16-26,28,30,33-34,36H2,1-15H3/b29-27?,35-31+,37-32+/t38-,39+,40?,41+,42?,43+,46?/m1/s1. The first-order valence-electron chi connectivity index (χ1n) is 22.9. The van der Waals surface area contributed by atoms with Crippen molar-refractivity contribution in [2.75, 3.05) is 0 Å². The number of hydrogen-bond donors (Lipinski definition) is 0. The van der Waals surface area contributed by atoms with Crippen molar-refractivity contribution in [3.63, 3.8) is 0 Å². The summed E-state index contributed by atoms with van der Waals surface area (Å²) in [5.41, 5.74) is -0.160. The Morgan fingerprint density at radius 3 is 1.96 bits per heavy atom. The number of rotatable bonds is 23. The molecule has 2 heterocycles. The number of hydrogen-bond acceptors (Lipinski definition) is 6. The first-order chi connectivity index (χ1) is 26.0. The van der Waals surface area contributed by atoms with Gasteiger partial charge in [0.1, 0.15) is 6.10 Å². The zero-order valence-electron chi connectivity index (χ0n) is 38.6. The van der Waals surface area contributed by atoms with Crippen LogP contribution < -0.4 is 0 Å². The number of carbonyl (C=O) groups excluding carboxylic acids is 1. The van der Waals surface area contributed by atoms with Gasteiger partial charge < -0.3 is 22.8 Å². The van der Waals surface area contributed by atoms with E-state index in [-0.39, 0.29) is 36.5 Å². The van der Waals surface area contributed by atoms with Crippen LogP contribution in [0.4, 0.5) is 0 Å². The van der Waals surface area contributed by atoms with E-state index in [0.717, 1.165) is 80.4 Å². The van der Waals surface area contributed by atoms with Gasteiger partial charge in [0.25, 0.3) is 0 Å². The van der Waals surface area contributed by atoms with Gasteiger partial charge in [0, 0.05) is 24.9 Å². The lowest BCUT2D eigenvalue weighted by Crippen LogP contribution is -2.49. The molecule has 0 spiro atoms. The van der Waals surface area contributed by atoms with E-state index in [0.29, 0.717) is 12.3 Å². The van der Waals surface area contributed by atoms with Crippen LogP contribution in [0, 0.1) is 11.3 Å². The molecule has 6 nitrogen and oxygen atoms in total. The molecule has 2 rings (SSSR count). The Morgan fingerprint density at radius 2 is 1.44 bits per heavy atom. The summed E-state index contributed by atoms with van der Waals surface area (Å²) in [6, 6.07) is 10.00. The Balaban J connectivity index is 2.38. The molecule has 3 unspecified atom stereocenters. The third-order valence-electron chi connectivity index (χ3n) is 14.3. The molecule has 0 aromatic rings. The van der Waals surface area contributed by atoms with Gasteiger partial charge in [-0.1, -0.05) is 113 Å². The van der Waals surface area contributed by atoms with E-state index >= 15 is 0 Å². The number of ether oxygens (including phenoxy) is 2. The summed E-state index contributed by atoms with van der Waals surface area (Å²) in [7, 11) is -5.59. The topological polar surface area (TPSA) is 66.5 Å². The van der Waals surface area contributed by atoms with Crippen molar-refractivity contribution < 1.29 is 27.5 Å². The Kier molecular flexibility index (Phi) is 21.1. The van der Waals surface area contributed by atoms with Crippen molar-refractivity contribution in [3.8, 4) is 0 Å². The van der Waals surface area contributed by atoms with E-state index in [4.69, 9.17) is 22.8 Å². The second-order valence-electron chi connectivity index (χ2n) is 17.9. The Hall–Kier alpha value is -0.819. The molecule has 0 aromatic heterocycles. The van der Waals surface area contributed by atoms with E-state index < -0.39 is 36.0 Å². The highest BCUT2D eigenvalue weighted by atomic mass is 28.4. The first-order valence-corrected chi connectivity index (χ1v) is 30.5. The van der Waals surface area contributed by atoms with Gasteiger partial charge in [0.05, 0.1) is 29.3 Å². The van der Waals surface area contributed by atoms with Crippen LogP contribution in [0.25, 0.3) is 0 Å². The van der Waals surface area contributed by atoms with E-state index in [1.54, 1.807) is 0 Å². The van der Waals surface area contributed by atoms with Crippen molar-refractivity contribution in [1.82, 2.24) is 0 Å². The maximum absolute atomic E-state index is 14.1. The maximum atomic E-state index is 14.1. The molecule has 1 fully saturated rings. The minimum Gasteiger partial charge on any atom is -0.457 e. The summed E-state index contributed by atoms with van der Waals surface area (Å²) in [5.74, 6) is 0.185. The van der Waals surface area contributed by atoms with Gasteiger partial charge in [-0.3, -0.25) is 4.79 Å². The zero-order valence-corrected chi connectivity index (χ0v) is 41.6. The highest BCUT2D eigenvalue weighted by Crippen LogP contribution is 2.43. The SMILES string of the molecule is CC[C@H](O[Si](CC)(CC)CC)[C@@H](C)[C@@H]1O[C@H]1CC(C)(/C=C/C=C(\C)C1CC=CCCCCC(O[Si](CC)(CC)CC)C(C)(C)C(=O)O1)O[Si](CC)(CC)CC. The van der Waals surface area contributed by atoms with Crippen molar-refractivity contribution in [1.29, 1.82) is 0 Å². The molecule has 0 amide bonds.